The van der Waals surface area contributed by atoms with Gasteiger partial charge in [0.15, 0.2) is 0 Å². The third-order valence-electron chi connectivity index (χ3n) is 4.04. The molecule has 4 nitrogen and oxygen atoms in total. The third kappa shape index (κ3) is 7.08. The molecule has 132 valence electrons. The van der Waals surface area contributed by atoms with Crippen LogP contribution in [0.4, 0.5) is 5.69 Å². The van der Waals surface area contributed by atoms with Gasteiger partial charge in [-0.2, -0.15) is 0 Å². The predicted octanol–water partition coefficient (Wildman–Crippen LogP) is 3.63. The third-order valence-corrected chi connectivity index (χ3v) is 4.04. The molecule has 6 heteroatoms. The molecule has 2 rings (SSSR count). The molecule has 1 atom stereocenters. The molecule has 1 aliphatic heterocycles. The lowest BCUT2D eigenvalue weighted by Gasteiger charge is -2.35. The Morgan fingerprint density at radius 1 is 1.22 bits per heavy atom. The standard InChI is InChI=1S/C17H27N3O.2ClH/c1-3-4-5-17(20-12-10-18-11-13-20)15-6-8-16(9-7-15)19-14(2)21;;/h6-9,17-18H,3-5,10-13H2,1-2H3,(H,19,21);2*1H/t17-;;/m1../s1. The van der Waals surface area contributed by atoms with Gasteiger partial charge in [0, 0.05) is 44.8 Å². The molecule has 0 radical (unpaired) electrons. The predicted molar refractivity (Wildman–Crippen MR) is 102 cm³/mol. The summed E-state index contributed by atoms with van der Waals surface area (Å²) in [5, 5.41) is 6.25. The molecule has 1 aliphatic rings. The van der Waals surface area contributed by atoms with E-state index in [4.69, 9.17) is 0 Å². The second-order valence-corrected chi connectivity index (χ2v) is 5.75. The van der Waals surface area contributed by atoms with Crippen LogP contribution in [0.2, 0.25) is 0 Å². The van der Waals surface area contributed by atoms with Gasteiger partial charge in [-0.3, -0.25) is 9.69 Å². The summed E-state index contributed by atoms with van der Waals surface area (Å²) in [6.45, 7) is 8.16. The maximum absolute atomic E-state index is 11.1. The van der Waals surface area contributed by atoms with Crippen LogP contribution in [0.3, 0.4) is 0 Å². The monoisotopic (exact) mass is 361 g/mol. The molecule has 0 unspecified atom stereocenters. The highest BCUT2D eigenvalue weighted by Gasteiger charge is 2.21. The van der Waals surface area contributed by atoms with Gasteiger partial charge >= 0.3 is 0 Å². The molecular weight excluding hydrogens is 333 g/mol. The number of anilines is 1. The van der Waals surface area contributed by atoms with E-state index in [0.717, 1.165) is 31.9 Å². The van der Waals surface area contributed by atoms with Gasteiger partial charge in [0.25, 0.3) is 0 Å². The van der Waals surface area contributed by atoms with E-state index in [9.17, 15) is 4.79 Å². The highest BCUT2D eigenvalue weighted by Crippen LogP contribution is 2.27. The first-order valence-corrected chi connectivity index (χ1v) is 8.03. The van der Waals surface area contributed by atoms with Crippen LogP contribution in [0.1, 0.15) is 44.7 Å². The summed E-state index contributed by atoms with van der Waals surface area (Å²) in [6, 6.07) is 8.84. The van der Waals surface area contributed by atoms with Crippen molar-refractivity contribution in [1.82, 2.24) is 10.2 Å². The average Bonchev–Trinajstić information content (AvgIpc) is 2.50. The number of piperazine rings is 1. The maximum Gasteiger partial charge on any atom is 0.221 e. The molecule has 0 spiro atoms. The van der Waals surface area contributed by atoms with Crippen molar-refractivity contribution < 1.29 is 4.79 Å². The fourth-order valence-electron chi connectivity index (χ4n) is 2.94. The Labute approximate surface area is 152 Å². The topological polar surface area (TPSA) is 44.4 Å². The van der Waals surface area contributed by atoms with Crippen LogP contribution in [0.25, 0.3) is 0 Å². The van der Waals surface area contributed by atoms with Gasteiger partial charge in [0.05, 0.1) is 0 Å². The number of hydrogen-bond donors (Lipinski definition) is 2. The molecule has 0 aromatic heterocycles. The van der Waals surface area contributed by atoms with Crippen molar-refractivity contribution in [2.45, 2.75) is 39.2 Å². The van der Waals surface area contributed by atoms with Crippen LogP contribution in [0.5, 0.6) is 0 Å². The molecule has 23 heavy (non-hydrogen) atoms. The number of amides is 1. The van der Waals surface area contributed by atoms with Crippen LogP contribution < -0.4 is 10.6 Å². The fourth-order valence-corrected chi connectivity index (χ4v) is 2.94. The van der Waals surface area contributed by atoms with Crippen molar-refractivity contribution in [2.24, 2.45) is 0 Å². The summed E-state index contributed by atoms with van der Waals surface area (Å²) in [5.74, 6) is -0.0209. The Bertz CT molecular complexity index is 448. The van der Waals surface area contributed by atoms with E-state index in [1.165, 1.54) is 24.8 Å². The molecule has 1 heterocycles. The minimum absolute atomic E-state index is 0. The Morgan fingerprint density at radius 3 is 2.35 bits per heavy atom. The summed E-state index contributed by atoms with van der Waals surface area (Å²) in [5.41, 5.74) is 2.24. The number of carbonyl (C=O) groups is 1. The molecule has 1 aromatic carbocycles. The summed E-state index contributed by atoms with van der Waals surface area (Å²) in [7, 11) is 0. The number of benzene rings is 1. The van der Waals surface area contributed by atoms with Crippen molar-refractivity contribution in [3.05, 3.63) is 29.8 Å². The minimum atomic E-state index is -0.0209. The van der Waals surface area contributed by atoms with E-state index in [1.807, 2.05) is 12.1 Å². The van der Waals surface area contributed by atoms with E-state index in [0.29, 0.717) is 6.04 Å². The Balaban J connectivity index is 0.00000242. The normalized spacial score (nSPS) is 15.9. The van der Waals surface area contributed by atoms with E-state index >= 15 is 0 Å². The number of halogens is 2. The van der Waals surface area contributed by atoms with Crippen LogP contribution in [0, 0.1) is 0 Å². The van der Waals surface area contributed by atoms with Crippen LogP contribution in [0.15, 0.2) is 24.3 Å². The summed E-state index contributed by atoms with van der Waals surface area (Å²) in [6.07, 6.45) is 3.69. The molecule has 1 fully saturated rings. The fraction of sp³-hybridized carbons (Fsp3) is 0.588. The molecule has 2 N–H and O–H groups in total. The Hall–Kier alpha value is -0.810. The van der Waals surface area contributed by atoms with Crippen molar-refractivity contribution >= 4 is 36.4 Å². The first-order valence-electron chi connectivity index (χ1n) is 8.03. The second-order valence-electron chi connectivity index (χ2n) is 5.75. The molecule has 1 amide bonds. The number of nitrogens with one attached hydrogen (secondary N) is 2. The Morgan fingerprint density at radius 2 is 1.83 bits per heavy atom. The first kappa shape index (κ1) is 22.2. The first-order chi connectivity index (χ1) is 10.2. The van der Waals surface area contributed by atoms with Crippen molar-refractivity contribution in [3.8, 4) is 0 Å². The number of rotatable bonds is 6. The van der Waals surface area contributed by atoms with Crippen molar-refractivity contribution in [1.29, 1.82) is 0 Å². The number of nitrogens with zero attached hydrogens (tertiary/aromatic N) is 1. The van der Waals surface area contributed by atoms with Gasteiger partial charge in [-0.15, -0.1) is 24.8 Å². The van der Waals surface area contributed by atoms with Gasteiger partial charge in [-0.05, 0) is 24.1 Å². The van der Waals surface area contributed by atoms with Crippen molar-refractivity contribution in [2.75, 3.05) is 31.5 Å². The number of carbonyl (C=O) groups excluding carboxylic acids is 1. The smallest absolute Gasteiger partial charge is 0.221 e. The maximum atomic E-state index is 11.1. The van der Waals surface area contributed by atoms with Gasteiger partial charge in [-0.25, -0.2) is 0 Å². The van der Waals surface area contributed by atoms with Crippen LogP contribution in [-0.2, 0) is 4.79 Å². The zero-order chi connectivity index (χ0) is 15.1. The molecular formula is C17H29Cl2N3O. The van der Waals surface area contributed by atoms with Crippen LogP contribution >= 0.6 is 24.8 Å². The van der Waals surface area contributed by atoms with Crippen LogP contribution in [-0.4, -0.2) is 37.0 Å². The second kappa shape index (κ2) is 11.7. The molecule has 0 bridgehead atoms. The highest BCUT2D eigenvalue weighted by atomic mass is 35.5. The molecule has 0 aliphatic carbocycles. The van der Waals surface area contributed by atoms with E-state index in [-0.39, 0.29) is 30.7 Å². The van der Waals surface area contributed by atoms with Gasteiger partial charge in [-0.1, -0.05) is 31.9 Å². The number of unbranched alkanes of at least 4 members (excludes halogenated alkanes) is 1. The quantitative estimate of drug-likeness (QED) is 0.812. The lowest BCUT2D eigenvalue weighted by Crippen LogP contribution is -2.45. The molecule has 1 aromatic rings. The lowest BCUT2D eigenvalue weighted by atomic mass is 9.98. The zero-order valence-corrected chi connectivity index (χ0v) is 15.6. The highest BCUT2D eigenvalue weighted by molar-refractivity contribution is 5.88. The Kier molecular flexibility index (Phi) is 11.3. The van der Waals surface area contributed by atoms with E-state index in [1.54, 1.807) is 6.92 Å². The number of hydrogen-bond acceptors (Lipinski definition) is 3. The molecule has 1 saturated heterocycles. The van der Waals surface area contributed by atoms with Gasteiger partial charge in [0.1, 0.15) is 0 Å². The van der Waals surface area contributed by atoms with Crippen molar-refractivity contribution in [3.63, 3.8) is 0 Å². The lowest BCUT2D eigenvalue weighted by molar-refractivity contribution is -0.114. The average molecular weight is 362 g/mol. The van der Waals surface area contributed by atoms with Gasteiger partial charge in [0.2, 0.25) is 5.91 Å². The minimum Gasteiger partial charge on any atom is -0.326 e. The zero-order valence-electron chi connectivity index (χ0n) is 14.0. The summed E-state index contributed by atoms with van der Waals surface area (Å²) >= 11 is 0. The summed E-state index contributed by atoms with van der Waals surface area (Å²) < 4.78 is 0. The van der Waals surface area contributed by atoms with Gasteiger partial charge < -0.3 is 10.6 Å². The molecule has 0 saturated carbocycles. The SMILES string of the molecule is CCCC[C@H](c1ccc(NC(C)=O)cc1)N1CCNCC1.Cl.Cl. The largest absolute Gasteiger partial charge is 0.326 e. The van der Waals surface area contributed by atoms with E-state index < -0.39 is 0 Å². The summed E-state index contributed by atoms with van der Waals surface area (Å²) in [4.78, 5) is 13.7. The van der Waals surface area contributed by atoms with E-state index in [2.05, 4.69) is 34.6 Å².